The maximum Gasteiger partial charge on any atom is 0.575 e. The summed E-state index contributed by atoms with van der Waals surface area (Å²) in [5.74, 6) is -2.93. The lowest BCUT2D eigenvalue weighted by Gasteiger charge is -2.08. The summed E-state index contributed by atoms with van der Waals surface area (Å²) >= 11 is 0. The third-order valence-corrected chi connectivity index (χ3v) is 5.38. The molecule has 0 unspecified atom stereocenters. The molecule has 8 bridgehead atoms. The summed E-state index contributed by atoms with van der Waals surface area (Å²) in [5, 5.41) is 0. The number of aromatic nitrogens is 4. The zero-order valence-electron chi connectivity index (χ0n) is 19.3. The van der Waals surface area contributed by atoms with E-state index in [1.807, 2.05) is 0 Å². The molecule has 39 heavy (non-hydrogen) atoms. The molecule has 3 aromatic heterocycles. The first-order valence-corrected chi connectivity index (χ1v) is 11.0. The van der Waals surface area contributed by atoms with Crippen LogP contribution < -0.4 is 0 Å². The van der Waals surface area contributed by atoms with Gasteiger partial charge in [-0.25, -0.2) is 19.6 Å². The van der Waals surface area contributed by atoms with Crippen LogP contribution in [0.2, 0.25) is 0 Å². The standard InChI is InChI=1S/C25H14F6N4O4/c26-24(27,28)11-38-22(36)20-16-5-1-12(32-16)9-14-3-7-18(34-14)21(23(37)39-25(29,30)31)19-8-4-15(35-19)10-13-2-6-17(20)33-13/h1-10,34-35H,11H2. The molecule has 0 saturated carbocycles. The summed E-state index contributed by atoms with van der Waals surface area (Å²) < 4.78 is 84.8. The number of carbonyl (C=O) groups is 2. The molecule has 14 heteroatoms. The van der Waals surface area contributed by atoms with Crippen LogP contribution in [0.3, 0.4) is 0 Å². The van der Waals surface area contributed by atoms with Crippen LogP contribution in [-0.2, 0) is 9.47 Å². The second kappa shape index (κ2) is 9.45. The molecule has 3 aromatic rings. The molecule has 5 rings (SSSR count). The predicted octanol–water partition coefficient (Wildman–Crippen LogP) is 6.05. The van der Waals surface area contributed by atoms with E-state index in [0.717, 1.165) is 0 Å². The normalized spacial score (nSPS) is 13.0. The van der Waals surface area contributed by atoms with Crippen molar-refractivity contribution in [1.29, 1.82) is 0 Å². The van der Waals surface area contributed by atoms with Gasteiger partial charge in [-0.05, 0) is 60.7 Å². The summed E-state index contributed by atoms with van der Waals surface area (Å²) in [6.45, 7) is -1.80. The molecule has 0 fully saturated rings. The van der Waals surface area contributed by atoms with Crippen LogP contribution in [0.25, 0.3) is 46.4 Å². The molecule has 0 saturated heterocycles. The summed E-state index contributed by atoms with van der Waals surface area (Å²) in [6, 6.07) is 8.55. The second-order valence-electron chi connectivity index (χ2n) is 8.23. The average molecular weight is 548 g/mol. The fraction of sp³-hybridized carbons (Fsp3) is 0.120. The van der Waals surface area contributed by atoms with Crippen LogP contribution in [0.15, 0.2) is 36.4 Å². The number of aromatic amines is 2. The van der Waals surface area contributed by atoms with Crippen molar-refractivity contribution in [1.82, 2.24) is 19.9 Å². The van der Waals surface area contributed by atoms with Gasteiger partial charge in [-0.3, -0.25) is 0 Å². The van der Waals surface area contributed by atoms with E-state index in [9.17, 15) is 35.9 Å². The van der Waals surface area contributed by atoms with Gasteiger partial charge < -0.3 is 19.4 Å². The largest absolute Gasteiger partial charge is 0.575 e. The molecule has 200 valence electrons. The molecule has 0 spiro atoms. The van der Waals surface area contributed by atoms with Crippen molar-refractivity contribution in [3.8, 4) is 0 Å². The summed E-state index contributed by atoms with van der Waals surface area (Å²) in [6.07, 6.45) is -4.29. The van der Waals surface area contributed by atoms with Crippen LogP contribution in [0.5, 0.6) is 0 Å². The summed E-state index contributed by atoms with van der Waals surface area (Å²) in [7, 11) is 0. The Morgan fingerprint density at radius 2 is 1.23 bits per heavy atom. The van der Waals surface area contributed by atoms with Crippen molar-refractivity contribution < 1.29 is 45.4 Å². The number of rotatable bonds is 3. The van der Waals surface area contributed by atoms with Gasteiger partial charge in [0.2, 0.25) is 0 Å². The number of fused-ring (bicyclic) bond motifs is 8. The monoisotopic (exact) mass is 548 g/mol. The van der Waals surface area contributed by atoms with E-state index in [4.69, 9.17) is 0 Å². The molecular formula is C25H14F6N4O4. The van der Waals surface area contributed by atoms with Gasteiger partial charge in [0.1, 0.15) is 11.1 Å². The van der Waals surface area contributed by atoms with E-state index in [1.165, 1.54) is 60.7 Å². The Bertz CT molecular complexity index is 1620. The molecule has 2 aliphatic heterocycles. The number of carbonyl (C=O) groups excluding carboxylic acids is 2. The topological polar surface area (TPSA) is 110 Å². The van der Waals surface area contributed by atoms with E-state index in [2.05, 4.69) is 29.4 Å². The second-order valence-corrected chi connectivity index (χ2v) is 8.23. The minimum Gasteiger partial charge on any atom is -0.452 e. The number of alkyl halides is 6. The van der Waals surface area contributed by atoms with Gasteiger partial charge in [-0.2, -0.15) is 13.2 Å². The first-order valence-electron chi connectivity index (χ1n) is 11.0. The highest BCUT2D eigenvalue weighted by molar-refractivity contribution is 6.04. The molecule has 0 radical (unpaired) electrons. The van der Waals surface area contributed by atoms with Crippen molar-refractivity contribution in [3.05, 3.63) is 70.3 Å². The van der Waals surface area contributed by atoms with Gasteiger partial charge in [0, 0.05) is 11.0 Å². The number of H-pyrrole nitrogens is 2. The van der Waals surface area contributed by atoms with E-state index in [-0.39, 0.29) is 39.4 Å². The Kier molecular flexibility index (Phi) is 6.24. The van der Waals surface area contributed by atoms with Crippen LogP contribution in [0.4, 0.5) is 26.3 Å². The van der Waals surface area contributed by atoms with Crippen molar-refractivity contribution in [2.75, 3.05) is 6.61 Å². The maximum atomic E-state index is 12.9. The average Bonchev–Trinajstić information content (AvgIpc) is 3.62. The Labute approximate surface area is 213 Å². The molecule has 5 heterocycles. The smallest absolute Gasteiger partial charge is 0.452 e. The lowest BCUT2D eigenvalue weighted by atomic mass is 10.1. The first kappa shape index (κ1) is 25.8. The van der Waals surface area contributed by atoms with E-state index in [0.29, 0.717) is 11.0 Å². The Balaban J connectivity index is 1.76. The van der Waals surface area contributed by atoms with E-state index < -0.39 is 36.6 Å². The van der Waals surface area contributed by atoms with Crippen molar-refractivity contribution in [2.45, 2.75) is 12.5 Å². The first-order chi connectivity index (χ1) is 18.3. The molecule has 8 nitrogen and oxygen atoms in total. The number of esters is 2. The third kappa shape index (κ3) is 5.84. The molecule has 2 N–H and O–H groups in total. The predicted molar refractivity (Wildman–Crippen MR) is 127 cm³/mol. The minimum atomic E-state index is -5.22. The minimum absolute atomic E-state index is 0.000485. The fourth-order valence-electron chi connectivity index (χ4n) is 3.88. The van der Waals surface area contributed by atoms with Crippen molar-refractivity contribution in [2.24, 2.45) is 0 Å². The van der Waals surface area contributed by atoms with Gasteiger partial charge in [0.05, 0.1) is 33.8 Å². The van der Waals surface area contributed by atoms with Gasteiger partial charge in [-0.1, -0.05) is 0 Å². The SMILES string of the molecule is O=C(OCC(F)(F)F)c1c2nc(cc3ccc([nH]3)c(C(=O)OC(F)(F)F)c3ccc(cc4nc1C=C4)[nH]3)C=C2. The van der Waals surface area contributed by atoms with Crippen molar-refractivity contribution >= 4 is 58.3 Å². The molecule has 0 aliphatic carbocycles. The third-order valence-electron chi connectivity index (χ3n) is 5.38. The molecule has 0 atom stereocenters. The van der Waals surface area contributed by atoms with Gasteiger partial charge in [0.15, 0.2) is 6.61 Å². The molecule has 0 amide bonds. The van der Waals surface area contributed by atoms with Crippen LogP contribution >= 0.6 is 0 Å². The summed E-state index contributed by atoms with van der Waals surface area (Å²) in [5.41, 5.74) is 0.362. The van der Waals surface area contributed by atoms with E-state index >= 15 is 0 Å². The number of hydrogen-bond acceptors (Lipinski definition) is 6. The Morgan fingerprint density at radius 1 is 0.718 bits per heavy atom. The molecule has 0 aromatic carbocycles. The Morgan fingerprint density at radius 3 is 1.69 bits per heavy atom. The highest BCUT2D eigenvalue weighted by Gasteiger charge is 2.35. The zero-order valence-corrected chi connectivity index (χ0v) is 19.3. The molecular weight excluding hydrogens is 534 g/mol. The number of nitrogens with one attached hydrogen (secondary N) is 2. The van der Waals surface area contributed by atoms with E-state index in [1.54, 1.807) is 0 Å². The lowest BCUT2D eigenvalue weighted by Crippen LogP contribution is -2.21. The highest BCUT2D eigenvalue weighted by atomic mass is 19.4. The number of ether oxygens (including phenoxy) is 2. The fourth-order valence-corrected chi connectivity index (χ4v) is 3.88. The number of halogens is 6. The summed E-state index contributed by atoms with van der Waals surface area (Å²) in [4.78, 5) is 39.4. The zero-order chi connectivity index (χ0) is 27.9. The quantitative estimate of drug-likeness (QED) is 0.210. The van der Waals surface area contributed by atoms with Crippen LogP contribution in [0, 0.1) is 0 Å². The number of hydrogen-bond donors (Lipinski definition) is 2. The maximum absolute atomic E-state index is 12.9. The lowest BCUT2D eigenvalue weighted by molar-refractivity contribution is -0.291. The van der Waals surface area contributed by atoms with Gasteiger partial charge >= 0.3 is 24.5 Å². The highest BCUT2D eigenvalue weighted by Crippen LogP contribution is 2.26. The number of nitrogens with zero attached hydrogens (tertiary/aromatic N) is 2. The van der Waals surface area contributed by atoms with Gasteiger partial charge in [-0.15, -0.1) is 13.2 Å². The van der Waals surface area contributed by atoms with Crippen LogP contribution in [0.1, 0.15) is 43.5 Å². The van der Waals surface area contributed by atoms with Crippen LogP contribution in [-0.4, -0.2) is 51.0 Å². The van der Waals surface area contributed by atoms with Crippen molar-refractivity contribution in [3.63, 3.8) is 0 Å². The Hall–Kier alpha value is -4.88. The molecule has 2 aliphatic rings. The van der Waals surface area contributed by atoms with Gasteiger partial charge in [0.25, 0.3) is 0 Å².